The van der Waals surface area contributed by atoms with E-state index in [1.807, 2.05) is 6.92 Å². The fourth-order valence-corrected chi connectivity index (χ4v) is 7.22. The molecule has 3 rings (SSSR count). The number of hydrogen-bond acceptors (Lipinski definition) is 5. The lowest BCUT2D eigenvalue weighted by atomic mass is 9.66. The molecule has 0 aromatic carbocycles. The average Bonchev–Trinajstić information content (AvgIpc) is 2.81. The third-order valence-corrected chi connectivity index (χ3v) is 14.5. The zero-order valence-electron chi connectivity index (χ0n) is 24.9. The van der Waals surface area contributed by atoms with Gasteiger partial charge in [-0.25, -0.2) is 0 Å². The molecule has 0 N–H and O–H groups in total. The van der Waals surface area contributed by atoms with Crippen LogP contribution >= 0.6 is 0 Å². The molecular weight excluding hydrogens is 480 g/mol. The maximum absolute atomic E-state index is 13.2. The predicted octanol–water partition coefficient (Wildman–Crippen LogP) is 7.76. The minimum Gasteiger partial charge on any atom is -0.462 e. The van der Waals surface area contributed by atoms with Gasteiger partial charge in [0.25, 0.3) is 0 Å². The van der Waals surface area contributed by atoms with Gasteiger partial charge in [0.05, 0.1) is 17.9 Å². The molecule has 1 fully saturated rings. The monoisotopic (exact) mass is 532 g/mol. The number of rotatable bonds is 9. The van der Waals surface area contributed by atoms with E-state index in [9.17, 15) is 9.59 Å². The van der Waals surface area contributed by atoms with E-state index in [0.717, 1.165) is 44.9 Å². The average molecular weight is 533 g/mol. The third-order valence-electron chi connectivity index (χ3n) is 9.97. The molecule has 0 aromatic heterocycles. The molecule has 0 radical (unpaired) electrons. The number of fused-ring (bicyclic) bond motifs is 1. The summed E-state index contributed by atoms with van der Waals surface area (Å²) in [4.78, 5) is 25.7. The van der Waals surface area contributed by atoms with Crippen LogP contribution in [0.5, 0.6) is 0 Å². The summed E-state index contributed by atoms with van der Waals surface area (Å²) >= 11 is 0. The van der Waals surface area contributed by atoms with Crippen molar-refractivity contribution in [2.24, 2.45) is 23.2 Å². The molecule has 1 aliphatic heterocycles. The van der Waals surface area contributed by atoms with Crippen molar-refractivity contribution in [3.8, 4) is 0 Å². The summed E-state index contributed by atoms with van der Waals surface area (Å²) in [6.07, 6.45) is 12.9. The van der Waals surface area contributed by atoms with Crippen molar-refractivity contribution < 1.29 is 23.5 Å². The number of esters is 2. The number of hydrogen-bond donors (Lipinski definition) is 0. The van der Waals surface area contributed by atoms with E-state index in [1.54, 1.807) is 0 Å². The van der Waals surface area contributed by atoms with Gasteiger partial charge in [-0.15, -0.1) is 0 Å². The highest BCUT2D eigenvalue weighted by Crippen LogP contribution is 2.45. The van der Waals surface area contributed by atoms with Gasteiger partial charge in [0.1, 0.15) is 12.2 Å². The smallest absolute Gasteiger partial charge is 0.312 e. The van der Waals surface area contributed by atoms with Crippen LogP contribution < -0.4 is 0 Å². The van der Waals surface area contributed by atoms with E-state index in [2.05, 4.69) is 72.9 Å². The van der Waals surface area contributed by atoms with Crippen LogP contribution in [0.1, 0.15) is 99.8 Å². The second kappa shape index (κ2) is 11.8. The summed E-state index contributed by atoms with van der Waals surface area (Å²) in [7, 11) is -1.96. The molecule has 3 aliphatic rings. The van der Waals surface area contributed by atoms with Crippen LogP contribution in [-0.4, -0.2) is 38.6 Å². The molecule has 0 spiro atoms. The molecule has 37 heavy (non-hydrogen) atoms. The minimum atomic E-state index is -1.96. The number of ether oxygens (including phenoxy) is 2. The van der Waals surface area contributed by atoms with E-state index < -0.39 is 13.7 Å². The SMILES string of the molecule is CCC(C)(CC)C(=O)O[C@H]1CCC=C2C=C[C@H](C)[C@H](CC[C@@H]3C[C@@H](O[Si](C)(C)C(C)(C)C)CC(=O)O3)[C@H]21. The molecule has 2 aliphatic carbocycles. The largest absolute Gasteiger partial charge is 0.462 e. The maximum atomic E-state index is 13.2. The van der Waals surface area contributed by atoms with Crippen LogP contribution in [0.4, 0.5) is 0 Å². The molecule has 6 heteroatoms. The maximum Gasteiger partial charge on any atom is 0.312 e. The molecule has 210 valence electrons. The van der Waals surface area contributed by atoms with E-state index in [4.69, 9.17) is 13.9 Å². The molecule has 1 saturated heterocycles. The second-order valence-electron chi connectivity index (χ2n) is 13.5. The highest BCUT2D eigenvalue weighted by atomic mass is 28.4. The quantitative estimate of drug-likeness (QED) is 0.224. The number of carbonyl (C=O) groups excluding carboxylic acids is 2. The van der Waals surface area contributed by atoms with Crippen LogP contribution in [0.25, 0.3) is 0 Å². The normalized spacial score (nSPS) is 30.8. The number of cyclic esters (lactones) is 1. The first-order valence-electron chi connectivity index (χ1n) is 14.7. The lowest BCUT2D eigenvalue weighted by Crippen LogP contribution is -2.47. The van der Waals surface area contributed by atoms with Crippen molar-refractivity contribution in [2.45, 2.75) is 136 Å². The summed E-state index contributed by atoms with van der Waals surface area (Å²) in [5, 5.41) is 0.107. The van der Waals surface area contributed by atoms with Crippen molar-refractivity contribution >= 4 is 20.3 Å². The Hall–Kier alpha value is -1.40. The van der Waals surface area contributed by atoms with Crippen molar-refractivity contribution in [3.63, 3.8) is 0 Å². The Bertz CT molecular complexity index is 879. The van der Waals surface area contributed by atoms with Gasteiger partial charge in [-0.3, -0.25) is 9.59 Å². The summed E-state index contributed by atoms with van der Waals surface area (Å²) in [6, 6.07) is 0. The van der Waals surface area contributed by atoms with Crippen molar-refractivity contribution in [1.29, 1.82) is 0 Å². The number of carbonyl (C=O) groups is 2. The molecule has 1 heterocycles. The van der Waals surface area contributed by atoms with Crippen LogP contribution in [0.3, 0.4) is 0 Å². The molecule has 0 amide bonds. The molecule has 6 atom stereocenters. The topological polar surface area (TPSA) is 61.8 Å². The van der Waals surface area contributed by atoms with E-state index in [-0.39, 0.29) is 41.2 Å². The van der Waals surface area contributed by atoms with Crippen LogP contribution in [0.2, 0.25) is 18.1 Å². The minimum absolute atomic E-state index is 0.0588. The highest BCUT2D eigenvalue weighted by molar-refractivity contribution is 6.74. The predicted molar refractivity (Wildman–Crippen MR) is 152 cm³/mol. The third kappa shape index (κ3) is 6.98. The zero-order chi connectivity index (χ0) is 27.6. The van der Waals surface area contributed by atoms with Gasteiger partial charge in [-0.1, -0.05) is 59.8 Å². The Labute approximate surface area is 226 Å². The lowest BCUT2D eigenvalue weighted by molar-refractivity contribution is -0.166. The fourth-order valence-electron chi connectivity index (χ4n) is 5.86. The van der Waals surface area contributed by atoms with Crippen LogP contribution in [-0.2, 0) is 23.5 Å². The fraction of sp³-hybridized carbons (Fsp3) is 0.806. The first-order chi connectivity index (χ1) is 17.2. The van der Waals surface area contributed by atoms with Crippen LogP contribution in [0, 0.1) is 23.2 Å². The van der Waals surface area contributed by atoms with Crippen LogP contribution in [0.15, 0.2) is 23.8 Å². The lowest BCUT2D eigenvalue weighted by Gasteiger charge is -2.43. The molecule has 0 bridgehead atoms. The van der Waals surface area contributed by atoms with Crippen molar-refractivity contribution in [1.82, 2.24) is 0 Å². The Morgan fingerprint density at radius 2 is 1.81 bits per heavy atom. The highest BCUT2D eigenvalue weighted by Gasteiger charge is 2.44. The van der Waals surface area contributed by atoms with E-state index >= 15 is 0 Å². The van der Waals surface area contributed by atoms with Gasteiger partial charge < -0.3 is 13.9 Å². The van der Waals surface area contributed by atoms with Gasteiger partial charge in [-0.05, 0) is 81.0 Å². The Kier molecular flexibility index (Phi) is 9.59. The summed E-state index contributed by atoms with van der Waals surface area (Å²) in [6.45, 7) is 19.6. The second-order valence-corrected chi connectivity index (χ2v) is 18.3. The van der Waals surface area contributed by atoms with Gasteiger partial charge in [0.15, 0.2) is 8.32 Å². The van der Waals surface area contributed by atoms with E-state index in [0.29, 0.717) is 18.3 Å². The van der Waals surface area contributed by atoms with Gasteiger partial charge in [0.2, 0.25) is 0 Å². The van der Waals surface area contributed by atoms with E-state index in [1.165, 1.54) is 5.57 Å². The Morgan fingerprint density at radius 1 is 1.14 bits per heavy atom. The summed E-state index contributed by atoms with van der Waals surface area (Å²) in [5.41, 5.74) is 0.879. The first kappa shape index (κ1) is 30.1. The molecular formula is C31H52O5Si. The Morgan fingerprint density at radius 3 is 2.43 bits per heavy atom. The van der Waals surface area contributed by atoms with Gasteiger partial charge in [0, 0.05) is 12.3 Å². The molecule has 0 unspecified atom stereocenters. The molecule has 0 aromatic rings. The van der Waals surface area contributed by atoms with Crippen molar-refractivity contribution in [3.05, 3.63) is 23.8 Å². The summed E-state index contributed by atoms with van der Waals surface area (Å²) < 4.78 is 18.7. The van der Waals surface area contributed by atoms with Crippen molar-refractivity contribution in [2.75, 3.05) is 0 Å². The molecule has 5 nitrogen and oxygen atoms in total. The summed E-state index contributed by atoms with van der Waals surface area (Å²) in [5.74, 6) is 0.735. The number of allylic oxidation sites excluding steroid dienone is 3. The van der Waals surface area contributed by atoms with Gasteiger partial charge >= 0.3 is 11.9 Å². The molecule has 0 saturated carbocycles. The standard InChI is InChI=1S/C31H52O5Si/c1-10-31(7,11-2)29(33)35-26-14-12-13-22-16-15-21(3)25(28(22)26)18-17-23-19-24(20-27(32)34-23)36-37(8,9)30(4,5)6/h13,15-16,21,23-26,28H,10-12,14,17-20H2,1-9H3/t21-,23+,24+,25-,26-,28-/m0/s1. The Balaban J connectivity index is 1.70. The zero-order valence-corrected chi connectivity index (χ0v) is 25.9. The van der Waals surface area contributed by atoms with Gasteiger partial charge in [-0.2, -0.15) is 0 Å². The first-order valence-corrected chi connectivity index (χ1v) is 17.6.